The molecule has 0 spiro atoms. The van der Waals surface area contributed by atoms with E-state index in [0.29, 0.717) is 25.8 Å². The summed E-state index contributed by atoms with van der Waals surface area (Å²) in [5.41, 5.74) is -1.37. The third kappa shape index (κ3) is 15.6. The molecule has 5 N–H and O–H groups in total. The zero-order chi connectivity index (χ0) is 19.3. The van der Waals surface area contributed by atoms with Crippen molar-refractivity contribution < 1.29 is 29.4 Å². The number of carbonyl (C=O) groups is 4. The predicted molar refractivity (Wildman–Crippen MR) is 93.9 cm³/mol. The highest BCUT2D eigenvalue weighted by Gasteiger charge is 2.21. The summed E-state index contributed by atoms with van der Waals surface area (Å²) >= 11 is 0.944. The Labute approximate surface area is 151 Å². The quantitative estimate of drug-likeness (QED) is 0.212. The van der Waals surface area contributed by atoms with Gasteiger partial charge in [0.15, 0.2) is 5.12 Å². The van der Waals surface area contributed by atoms with Gasteiger partial charge in [-0.15, -0.1) is 0 Å². The van der Waals surface area contributed by atoms with Crippen molar-refractivity contribution in [3.8, 4) is 0 Å². The molecule has 10 heteroatoms. The molecule has 0 heterocycles. The van der Waals surface area contributed by atoms with E-state index >= 15 is 0 Å². The zero-order valence-corrected chi connectivity index (χ0v) is 15.4. The van der Waals surface area contributed by atoms with Crippen molar-refractivity contribution >= 4 is 34.7 Å². The number of hydrogen-bond acceptors (Lipinski definition) is 7. The van der Waals surface area contributed by atoms with Crippen molar-refractivity contribution in [2.45, 2.75) is 45.3 Å². The standard InChI is InChI=1S/C15H27N3O6S/c1-11(19)25-10-15(2,24)18-9-13(21)17-8-12(20)16-7-5-3-4-6-14(22)23/h18,24H,3-10H2,1-2H3,(H,16,20)(H,17,21)(H,22,23). The van der Waals surface area contributed by atoms with E-state index in [1.54, 1.807) is 0 Å². The molecule has 0 saturated heterocycles. The van der Waals surface area contributed by atoms with Gasteiger partial charge >= 0.3 is 5.97 Å². The molecular weight excluding hydrogens is 350 g/mol. The van der Waals surface area contributed by atoms with E-state index in [2.05, 4.69) is 16.0 Å². The average Bonchev–Trinajstić information content (AvgIpc) is 2.52. The second kappa shape index (κ2) is 12.7. The minimum atomic E-state index is -1.37. The SMILES string of the molecule is CC(=O)SCC(C)(O)NCC(=O)NCC(=O)NCCCCCC(=O)O. The van der Waals surface area contributed by atoms with Crippen molar-refractivity contribution in [1.82, 2.24) is 16.0 Å². The molecule has 0 saturated carbocycles. The van der Waals surface area contributed by atoms with E-state index in [4.69, 9.17) is 5.11 Å². The van der Waals surface area contributed by atoms with Gasteiger partial charge in [-0.05, 0) is 19.8 Å². The van der Waals surface area contributed by atoms with Crippen LogP contribution in [0.1, 0.15) is 39.5 Å². The number of aliphatic carboxylic acids is 1. The molecule has 0 aromatic carbocycles. The topological polar surface area (TPSA) is 145 Å². The summed E-state index contributed by atoms with van der Waals surface area (Å²) in [6.07, 6.45) is 2.06. The number of nitrogens with one attached hydrogen (secondary N) is 3. The van der Waals surface area contributed by atoms with Crippen LogP contribution in [0.2, 0.25) is 0 Å². The molecular formula is C15H27N3O6S. The first-order chi connectivity index (χ1) is 11.6. The Balaban J connectivity index is 3.74. The molecule has 0 fully saturated rings. The molecule has 0 aliphatic rings. The number of aliphatic hydroxyl groups is 1. The third-order valence-corrected chi connectivity index (χ3v) is 4.13. The molecule has 144 valence electrons. The average molecular weight is 377 g/mol. The summed E-state index contributed by atoms with van der Waals surface area (Å²) < 4.78 is 0. The fourth-order valence-corrected chi connectivity index (χ4v) is 2.26. The van der Waals surface area contributed by atoms with Gasteiger partial charge in [0, 0.05) is 25.6 Å². The van der Waals surface area contributed by atoms with E-state index in [1.165, 1.54) is 13.8 Å². The highest BCUT2D eigenvalue weighted by molar-refractivity contribution is 8.13. The largest absolute Gasteiger partial charge is 0.481 e. The van der Waals surface area contributed by atoms with Crippen LogP contribution >= 0.6 is 11.8 Å². The smallest absolute Gasteiger partial charge is 0.303 e. The van der Waals surface area contributed by atoms with Crippen LogP contribution in [-0.4, -0.2) is 64.2 Å². The number of thioether (sulfide) groups is 1. The molecule has 0 rings (SSSR count). The molecule has 0 aliphatic heterocycles. The number of amides is 2. The second-order valence-electron chi connectivity index (χ2n) is 5.74. The van der Waals surface area contributed by atoms with E-state index in [0.717, 1.165) is 11.8 Å². The van der Waals surface area contributed by atoms with Gasteiger partial charge in [0.25, 0.3) is 0 Å². The van der Waals surface area contributed by atoms with Gasteiger partial charge in [-0.25, -0.2) is 0 Å². The summed E-state index contributed by atoms with van der Waals surface area (Å²) in [4.78, 5) is 44.3. The minimum Gasteiger partial charge on any atom is -0.481 e. The Bertz CT molecular complexity index is 470. The maximum Gasteiger partial charge on any atom is 0.303 e. The van der Waals surface area contributed by atoms with Crippen molar-refractivity contribution in [3.05, 3.63) is 0 Å². The third-order valence-electron chi connectivity index (χ3n) is 3.02. The maximum absolute atomic E-state index is 11.6. The van der Waals surface area contributed by atoms with Crippen LogP contribution in [0.5, 0.6) is 0 Å². The lowest BCUT2D eigenvalue weighted by atomic mass is 10.2. The lowest BCUT2D eigenvalue weighted by molar-refractivity contribution is -0.137. The molecule has 1 unspecified atom stereocenters. The number of hydrogen-bond donors (Lipinski definition) is 5. The van der Waals surface area contributed by atoms with Crippen LogP contribution < -0.4 is 16.0 Å². The predicted octanol–water partition coefficient (Wildman–Crippen LogP) is -0.558. The molecule has 1 atom stereocenters. The van der Waals surface area contributed by atoms with Crippen molar-refractivity contribution in [3.63, 3.8) is 0 Å². The van der Waals surface area contributed by atoms with Crippen LogP contribution in [0.4, 0.5) is 0 Å². The van der Waals surface area contributed by atoms with Gasteiger partial charge in [-0.2, -0.15) is 0 Å². The molecule has 25 heavy (non-hydrogen) atoms. The van der Waals surface area contributed by atoms with Crippen LogP contribution in [0, 0.1) is 0 Å². The summed E-state index contributed by atoms with van der Waals surface area (Å²) in [7, 11) is 0. The monoisotopic (exact) mass is 377 g/mol. The molecule has 9 nitrogen and oxygen atoms in total. The normalized spacial score (nSPS) is 12.9. The van der Waals surface area contributed by atoms with E-state index in [1.807, 2.05) is 0 Å². The van der Waals surface area contributed by atoms with Gasteiger partial charge in [-0.1, -0.05) is 18.2 Å². The van der Waals surface area contributed by atoms with Gasteiger partial charge in [0.2, 0.25) is 11.8 Å². The van der Waals surface area contributed by atoms with Gasteiger partial charge in [0.05, 0.1) is 13.1 Å². The molecule has 0 bridgehead atoms. The zero-order valence-electron chi connectivity index (χ0n) is 14.6. The molecule has 0 aromatic heterocycles. The van der Waals surface area contributed by atoms with E-state index < -0.39 is 17.6 Å². The number of unbranched alkanes of at least 4 members (excludes halogenated alkanes) is 2. The summed E-state index contributed by atoms with van der Waals surface area (Å²) in [6, 6.07) is 0. The van der Waals surface area contributed by atoms with Gasteiger partial charge < -0.3 is 20.8 Å². The Morgan fingerprint density at radius 1 is 1.00 bits per heavy atom. The Morgan fingerprint density at radius 2 is 1.64 bits per heavy atom. The molecule has 0 aliphatic carbocycles. The number of carboxylic acid groups (broad SMARTS) is 1. The van der Waals surface area contributed by atoms with Crippen LogP contribution in [0.25, 0.3) is 0 Å². The van der Waals surface area contributed by atoms with Crippen molar-refractivity contribution in [2.75, 3.05) is 25.4 Å². The van der Waals surface area contributed by atoms with Gasteiger partial charge in [-0.3, -0.25) is 24.5 Å². The fraction of sp³-hybridized carbons (Fsp3) is 0.733. The van der Waals surface area contributed by atoms with Gasteiger partial charge in [0.1, 0.15) is 5.72 Å². The first-order valence-electron chi connectivity index (χ1n) is 7.98. The Morgan fingerprint density at radius 3 is 2.24 bits per heavy atom. The first kappa shape index (κ1) is 23.4. The second-order valence-corrected chi connectivity index (χ2v) is 6.89. The van der Waals surface area contributed by atoms with Crippen molar-refractivity contribution in [2.24, 2.45) is 0 Å². The van der Waals surface area contributed by atoms with Crippen LogP contribution in [0.15, 0.2) is 0 Å². The lowest BCUT2D eigenvalue weighted by Crippen LogP contribution is -2.50. The molecule has 0 radical (unpaired) electrons. The Hall–Kier alpha value is -1.65. The van der Waals surface area contributed by atoms with Crippen molar-refractivity contribution in [1.29, 1.82) is 0 Å². The number of carbonyl (C=O) groups excluding carboxylic acids is 3. The number of rotatable bonds is 13. The highest BCUT2D eigenvalue weighted by atomic mass is 32.2. The van der Waals surface area contributed by atoms with E-state index in [9.17, 15) is 24.3 Å². The summed E-state index contributed by atoms with van der Waals surface area (Å²) in [6.45, 7) is 2.89. The molecule has 0 aromatic rings. The Kier molecular flexibility index (Phi) is 11.8. The summed E-state index contributed by atoms with van der Waals surface area (Å²) in [5.74, 6) is -1.52. The lowest BCUT2D eigenvalue weighted by Gasteiger charge is -2.23. The van der Waals surface area contributed by atoms with Crippen LogP contribution in [-0.2, 0) is 19.2 Å². The highest BCUT2D eigenvalue weighted by Crippen LogP contribution is 2.10. The minimum absolute atomic E-state index is 0.109. The van der Waals surface area contributed by atoms with Crippen LogP contribution in [0.3, 0.4) is 0 Å². The fourth-order valence-electron chi connectivity index (χ4n) is 1.67. The first-order valence-corrected chi connectivity index (χ1v) is 8.97. The summed E-state index contributed by atoms with van der Waals surface area (Å²) in [5, 5.41) is 25.9. The molecule has 2 amide bonds. The van der Waals surface area contributed by atoms with E-state index in [-0.39, 0.29) is 36.3 Å². The number of carboxylic acids is 1. The maximum atomic E-state index is 11.6.